The Kier molecular flexibility index (Phi) is 5.00. The zero-order chi connectivity index (χ0) is 15.2. The van der Waals surface area contributed by atoms with Crippen LogP contribution in [0.15, 0.2) is 47.7 Å². The van der Waals surface area contributed by atoms with Crippen molar-refractivity contribution in [3.8, 4) is 0 Å². The van der Waals surface area contributed by atoms with Crippen LogP contribution >= 0.6 is 12.2 Å². The fourth-order valence-corrected chi connectivity index (χ4v) is 2.03. The average Bonchev–Trinajstić information content (AvgIpc) is 2.48. The van der Waals surface area contributed by atoms with E-state index >= 15 is 0 Å². The van der Waals surface area contributed by atoms with Gasteiger partial charge in [-0.25, -0.2) is 0 Å². The minimum atomic E-state index is 0.456. The van der Waals surface area contributed by atoms with Gasteiger partial charge in [0.25, 0.3) is 0 Å². The number of hydrogen-bond acceptors (Lipinski definition) is 3. The van der Waals surface area contributed by atoms with Crippen LogP contribution in [0.5, 0.6) is 0 Å². The fourth-order valence-electron chi connectivity index (χ4n) is 1.87. The van der Waals surface area contributed by atoms with E-state index in [1.807, 2.05) is 44.2 Å². The monoisotopic (exact) mass is 298 g/mol. The summed E-state index contributed by atoms with van der Waals surface area (Å²) >= 11 is 5.25. The van der Waals surface area contributed by atoms with Crippen molar-refractivity contribution in [2.75, 3.05) is 5.32 Å². The summed E-state index contributed by atoms with van der Waals surface area (Å²) in [6.07, 6.45) is 1.74. The molecule has 5 heteroatoms. The number of benzene rings is 1. The van der Waals surface area contributed by atoms with Gasteiger partial charge in [0.05, 0.1) is 11.4 Å². The summed E-state index contributed by atoms with van der Waals surface area (Å²) < 4.78 is 0. The molecule has 0 radical (unpaired) electrons. The smallest absolute Gasteiger partial charge is 0.191 e. The Morgan fingerprint density at radius 1 is 1.19 bits per heavy atom. The molecule has 1 aromatic heterocycles. The standard InChI is InChI=1S/C16H18N4S/c1-11-7-8-14(12(2)10-11)18-16(21)20-19-13(3)15-6-4-5-9-17-15/h4-10H,1-3H3,(H2,18,20,21)/b19-13-. The molecule has 0 unspecified atom stereocenters. The zero-order valence-corrected chi connectivity index (χ0v) is 13.2. The van der Waals surface area contributed by atoms with E-state index in [1.54, 1.807) is 6.20 Å². The molecule has 0 fully saturated rings. The third-order valence-corrected chi connectivity index (χ3v) is 3.18. The molecular formula is C16H18N4S. The van der Waals surface area contributed by atoms with Gasteiger partial charge in [-0.05, 0) is 56.8 Å². The molecule has 108 valence electrons. The Hall–Kier alpha value is -2.27. The van der Waals surface area contributed by atoms with Crippen molar-refractivity contribution in [1.29, 1.82) is 0 Å². The highest BCUT2D eigenvalue weighted by Crippen LogP contribution is 2.15. The van der Waals surface area contributed by atoms with E-state index in [0.29, 0.717) is 5.11 Å². The molecule has 0 spiro atoms. The summed E-state index contributed by atoms with van der Waals surface area (Å²) in [5.41, 5.74) is 7.78. The van der Waals surface area contributed by atoms with Crippen LogP contribution in [0, 0.1) is 13.8 Å². The molecule has 0 aliphatic carbocycles. The van der Waals surface area contributed by atoms with E-state index < -0.39 is 0 Å². The summed E-state index contributed by atoms with van der Waals surface area (Å²) in [5, 5.41) is 7.83. The molecule has 2 rings (SSSR count). The van der Waals surface area contributed by atoms with Crippen LogP contribution in [0.25, 0.3) is 0 Å². The molecule has 0 amide bonds. The molecule has 0 saturated carbocycles. The lowest BCUT2D eigenvalue weighted by Gasteiger charge is -2.11. The Balaban J connectivity index is 1.99. The van der Waals surface area contributed by atoms with Crippen molar-refractivity contribution in [3.05, 3.63) is 59.4 Å². The van der Waals surface area contributed by atoms with Gasteiger partial charge in [0.2, 0.25) is 0 Å². The minimum absolute atomic E-state index is 0.456. The SMILES string of the molecule is C/C(=N/NC(=S)Nc1ccc(C)cc1C)c1ccccn1. The molecule has 1 aromatic carbocycles. The number of hydrogen-bond donors (Lipinski definition) is 2. The van der Waals surface area contributed by atoms with Crippen molar-refractivity contribution in [1.82, 2.24) is 10.4 Å². The molecule has 0 saturated heterocycles. The quantitative estimate of drug-likeness (QED) is 0.518. The van der Waals surface area contributed by atoms with E-state index in [1.165, 1.54) is 5.56 Å². The first-order valence-corrected chi connectivity index (χ1v) is 7.07. The van der Waals surface area contributed by atoms with E-state index in [4.69, 9.17) is 12.2 Å². The molecule has 0 bridgehead atoms. The van der Waals surface area contributed by atoms with Gasteiger partial charge in [0.15, 0.2) is 5.11 Å². The minimum Gasteiger partial charge on any atom is -0.331 e. The molecule has 0 aliphatic rings. The molecule has 1 heterocycles. The Labute approximate surface area is 130 Å². The van der Waals surface area contributed by atoms with Crippen LogP contribution in [0.3, 0.4) is 0 Å². The zero-order valence-electron chi connectivity index (χ0n) is 12.3. The fraction of sp³-hybridized carbons (Fsp3) is 0.188. The molecular weight excluding hydrogens is 280 g/mol. The second kappa shape index (κ2) is 6.95. The molecule has 2 aromatic rings. The number of nitrogens with one attached hydrogen (secondary N) is 2. The second-order valence-electron chi connectivity index (χ2n) is 4.80. The predicted molar refractivity (Wildman–Crippen MR) is 91.7 cm³/mol. The first-order valence-electron chi connectivity index (χ1n) is 6.66. The van der Waals surface area contributed by atoms with Gasteiger partial charge in [0.1, 0.15) is 0 Å². The van der Waals surface area contributed by atoms with Crippen LogP contribution in [0.2, 0.25) is 0 Å². The van der Waals surface area contributed by atoms with Crippen molar-refractivity contribution in [2.24, 2.45) is 5.10 Å². The normalized spacial score (nSPS) is 11.1. The van der Waals surface area contributed by atoms with Gasteiger partial charge in [-0.3, -0.25) is 10.4 Å². The first-order chi connectivity index (χ1) is 10.1. The molecule has 0 atom stereocenters. The summed E-state index contributed by atoms with van der Waals surface area (Å²) in [5.74, 6) is 0. The summed E-state index contributed by atoms with van der Waals surface area (Å²) in [7, 11) is 0. The van der Waals surface area contributed by atoms with Gasteiger partial charge in [-0.1, -0.05) is 23.8 Å². The highest BCUT2D eigenvalue weighted by molar-refractivity contribution is 7.80. The number of aryl methyl sites for hydroxylation is 2. The van der Waals surface area contributed by atoms with E-state index in [2.05, 4.69) is 33.8 Å². The number of hydrazone groups is 1. The van der Waals surface area contributed by atoms with Crippen LogP contribution in [0.4, 0.5) is 5.69 Å². The van der Waals surface area contributed by atoms with Crippen LogP contribution in [0.1, 0.15) is 23.7 Å². The average molecular weight is 298 g/mol. The number of anilines is 1. The first kappa shape index (κ1) is 15.1. The van der Waals surface area contributed by atoms with Crippen molar-refractivity contribution in [3.63, 3.8) is 0 Å². The molecule has 4 nitrogen and oxygen atoms in total. The summed E-state index contributed by atoms with van der Waals surface area (Å²) in [4.78, 5) is 4.23. The topological polar surface area (TPSA) is 49.3 Å². The molecule has 2 N–H and O–H groups in total. The number of aromatic nitrogens is 1. The maximum Gasteiger partial charge on any atom is 0.191 e. The molecule has 21 heavy (non-hydrogen) atoms. The van der Waals surface area contributed by atoms with Crippen molar-refractivity contribution in [2.45, 2.75) is 20.8 Å². The van der Waals surface area contributed by atoms with E-state index in [0.717, 1.165) is 22.7 Å². The highest BCUT2D eigenvalue weighted by atomic mass is 32.1. The Morgan fingerprint density at radius 2 is 2.00 bits per heavy atom. The van der Waals surface area contributed by atoms with Crippen LogP contribution < -0.4 is 10.7 Å². The lowest BCUT2D eigenvalue weighted by atomic mass is 10.1. The lowest BCUT2D eigenvalue weighted by Crippen LogP contribution is -2.25. The Morgan fingerprint density at radius 3 is 2.67 bits per heavy atom. The highest BCUT2D eigenvalue weighted by Gasteiger charge is 2.02. The summed E-state index contributed by atoms with van der Waals surface area (Å²) in [6.45, 7) is 5.99. The van der Waals surface area contributed by atoms with Crippen molar-refractivity contribution < 1.29 is 0 Å². The number of rotatable bonds is 3. The summed E-state index contributed by atoms with van der Waals surface area (Å²) in [6, 6.07) is 11.9. The maximum absolute atomic E-state index is 5.25. The second-order valence-corrected chi connectivity index (χ2v) is 5.20. The predicted octanol–water partition coefficient (Wildman–Crippen LogP) is 3.41. The number of pyridine rings is 1. The van der Waals surface area contributed by atoms with Gasteiger partial charge in [-0.2, -0.15) is 5.10 Å². The van der Waals surface area contributed by atoms with Gasteiger partial charge in [-0.15, -0.1) is 0 Å². The van der Waals surface area contributed by atoms with Crippen molar-refractivity contribution >= 4 is 28.7 Å². The van der Waals surface area contributed by atoms with Crippen LogP contribution in [-0.2, 0) is 0 Å². The van der Waals surface area contributed by atoms with Gasteiger partial charge < -0.3 is 5.32 Å². The van der Waals surface area contributed by atoms with E-state index in [-0.39, 0.29) is 0 Å². The number of thiocarbonyl (C=S) groups is 1. The van der Waals surface area contributed by atoms with Gasteiger partial charge >= 0.3 is 0 Å². The maximum atomic E-state index is 5.25. The third kappa shape index (κ3) is 4.36. The third-order valence-electron chi connectivity index (χ3n) is 2.99. The largest absolute Gasteiger partial charge is 0.331 e. The van der Waals surface area contributed by atoms with Crippen LogP contribution in [-0.4, -0.2) is 15.8 Å². The number of nitrogens with zero attached hydrogens (tertiary/aromatic N) is 2. The lowest BCUT2D eigenvalue weighted by molar-refractivity contribution is 1.03. The molecule has 0 aliphatic heterocycles. The Bertz CT molecular complexity index is 665. The van der Waals surface area contributed by atoms with Gasteiger partial charge in [0, 0.05) is 11.9 Å². The van der Waals surface area contributed by atoms with E-state index in [9.17, 15) is 0 Å².